The molecule has 1 atom stereocenters. The number of hydrogen-bond acceptors (Lipinski definition) is 4. The van der Waals surface area contributed by atoms with Gasteiger partial charge in [-0.05, 0) is 31.0 Å². The van der Waals surface area contributed by atoms with Crippen LogP contribution in [0.15, 0.2) is 24.3 Å². The molecule has 0 aliphatic carbocycles. The molecule has 0 fully saturated rings. The van der Waals surface area contributed by atoms with Gasteiger partial charge in [-0.1, -0.05) is 12.1 Å². The summed E-state index contributed by atoms with van der Waals surface area (Å²) in [6, 6.07) is 7.48. The lowest BCUT2D eigenvalue weighted by molar-refractivity contribution is -0.145. The molecule has 0 radical (unpaired) electrons. The van der Waals surface area contributed by atoms with Crippen LogP contribution in [0.3, 0.4) is 0 Å². The highest BCUT2D eigenvalue weighted by Gasteiger charge is 2.05. The van der Waals surface area contributed by atoms with Crippen molar-refractivity contribution in [2.45, 2.75) is 32.4 Å². The van der Waals surface area contributed by atoms with Crippen LogP contribution in [-0.2, 0) is 16.1 Å². The zero-order valence-corrected chi connectivity index (χ0v) is 10.3. The van der Waals surface area contributed by atoms with Crippen LogP contribution >= 0.6 is 0 Å². The summed E-state index contributed by atoms with van der Waals surface area (Å²) >= 11 is 0. The van der Waals surface area contributed by atoms with E-state index in [1.54, 1.807) is 7.11 Å². The average Bonchev–Trinajstić information content (AvgIpc) is 2.34. The number of rotatable bonds is 6. The van der Waals surface area contributed by atoms with Crippen molar-refractivity contribution in [1.82, 2.24) is 0 Å². The van der Waals surface area contributed by atoms with E-state index < -0.39 is 0 Å². The molecular formula is C13H19NO3. The van der Waals surface area contributed by atoms with Crippen molar-refractivity contribution in [2.75, 3.05) is 7.11 Å². The van der Waals surface area contributed by atoms with Gasteiger partial charge in [0.25, 0.3) is 0 Å². The van der Waals surface area contributed by atoms with Crippen LogP contribution in [0, 0.1) is 0 Å². The zero-order chi connectivity index (χ0) is 12.7. The van der Waals surface area contributed by atoms with Crippen molar-refractivity contribution in [3.63, 3.8) is 0 Å². The normalized spacial score (nSPS) is 11.9. The van der Waals surface area contributed by atoms with Gasteiger partial charge in [-0.25, -0.2) is 0 Å². The number of ether oxygens (including phenoxy) is 2. The van der Waals surface area contributed by atoms with Crippen molar-refractivity contribution >= 4 is 5.97 Å². The van der Waals surface area contributed by atoms with E-state index >= 15 is 0 Å². The summed E-state index contributed by atoms with van der Waals surface area (Å²) in [7, 11) is 1.60. The Labute approximate surface area is 102 Å². The van der Waals surface area contributed by atoms with Gasteiger partial charge in [0, 0.05) is 12.5 Å². The molecule has 0 aliphatic rings. The molecule has 0 heterocycles. The van der Waals surface area contributed by atoms with Crippen molar-refractivity contribution in [2.24, 2.45) is 5.73 Å². The van der Waals surface area contributed by atoms with Crippen LogP contribution in [0.5, 0.6) is 5.75 Å². The fourth-order valence-electron chi connectivity index (χ4n) is 1.34. The molecule has 1 aromatic carbocycles. The SMILES string of the molecule is COc1cccc(COC(=O)CCC(C)N)c1. The quantitative estimate of drug-likeness (QED) is 0.767. The summed E-state index contributed by atoms with van der Waals surface area (Å²) in [5.41, 5.74) is 6.48. The maximum atomic E-state index is 11.4. The molecule has 0 saturated carbocycles. The number of carbonyl (C=O) groups excluding carboxylic acids is 1. The van der Waals surface area contributed by atoms with Crippen LogP contribution in [-0.4, -0.2) is 19.1 Å². The predicted molar refractivity (Wildman–Crippen MR) is 65.7 cm³/mol. The van der Waals surface area contributed by atoms with Gasteiger partial charge in [-0.3, -0.25) is 4.79 Å². The maximum absolute atomic E-state index is 11.4. The molecule has 0 aliphatic heterocycles. The van der Waals surface area contributed by atoms with Gasteiger partial charge in [0.2, 0.25) is 0 Å². The largest absolute Gasteiger partial charge is 0.497 e. The highest BCUT2D eigenvalue weighted by molar-refractivity contribution is 5.69. The summed E-state index contributed by atoms with van der Waals surface area (Å²) in [5, 5.41) is 0. The van der Waals surface area contributed by atoms with Crippen LogP contribution in [0.4, 0.5) is 0 Å². The highest BCUT2D eigenvalue weighted by Crippen LogP contribution is 2.13. The molecule has 1 aromatic rings. The van der Waals surface area contributed by atoms with E-state index in [1.807, 2.05) is 31.2 Å². The summed E-state index contributed by atoms with van der Waals surface area (Å²) in [4.78, 5) is 11.4. The molecule has 0 aromatic heterocycles. The lowest BCUT2D eigenvalue weighted by Gasteiger charge is -2.07. The predicted octanol–water partition coefficient (Wildman–Crippen LogP) is 1.87. The standard InChI is InChI=1S/C13H19NO3/c1-10(14)6-7-13(15)17-9-11-4-3-5-12(8-11)16-2/h3-5,8,10H,6-7,9,14H2,1-2H3. The van der Waals surface area contributed by atoms with E-state index in [0.717, 1.165) is 11.3 Å². The Morgan fingerprint density at radius 1 is 1.47 bits per heavy atom. The Hall–Kier alpha value is -1.55. The Morgan fingerprint density at radius 3 is 2.88 bits per heavy atom. The third-order valence-electron chi connectivity index (χ3n) is 2.34. The minimum Gasteiger partial charge on any atom is -0.497 e. The summed E-state index contributed by atoms with van der Waals surface area (Å²) in [6.07, 6.45) is 1.01. The number of benzene rings is 1. The monoisotopic (exact) mass is 237 g/mol. The second kappa shape index (κ2) is 6.91. The molecule has 0 saturated heterocycles. The number of nitrogens with two attached hydrogens (primary N) is 1. The molecule has 17 heavy (non-hydrogen) atoms. The summed E-state index contributed by atoms with van der Waals surface area (Å²) in [5.74, 6) is 0.541. The van der Waals surface area contributed by atoms with Gasteiger partial charge in [0.15, 0.2) is 0 Å². The molecule has 0 spiro atoms. The van der Waals surface area contributed by atoms with Gasteiger partial charge in [0.05, 0.1) is 7.11 Å². The lowest BCUT2D eigenvalue weighted by atomic mass is 10.2. The van der Waals surface area contributed by atoms with Gasteiger partial charge in [-0.2, -0.15) is 0 Å². The van der Waals surface area contributed by atoms with Gasteiger partial charge in [0.1, 0.15) is 12.4 Å². The number of esters is 1. The zero-order valence-electron chi connectivity index (χ0n) is 10.3. The van der Waals surface area contributed by atoms with Crippen LogP contribution in [0.25, 0.3) is 0 Å². The Kier molecular flexibility index (Phi) is 5.49. The molecule has 4 nitrogen and oxygen atoms in total. The van der Waals surface area contributed by atoms with E-state index in [2.05, 4.69) is 0 Å². The Bertz CT molecular complexity index is 363. The number of hydrogen-bond donors (Lipinski definition) is 1. The van der Waals surface area contributed by atoms with Crippen LogP contribution in [0.2, 0.25) is 0 Å². The smallest absolute Gasteiger partial charge is 0.306 e. The number of methoxy groups -OCH3 is 1. The van der Waals surface area contributed by atoms with Crippen molar-refractivity contribution in [3.8, 4) is 5.75 Å². The number of carbonyl (C=O) groups is 1. The third-order valence-corrected chi connectivity index (χ3v) is 2.34. The van der Waals surface area contributed by atoms with E-state index in [9.17, 15) is 4.79 Å². The molecule has 4 heteroatoms. The van der Waals surface area contributed by atoms with E-state index in [4.69, 9.17) is 15.2 Å². The minimum atomic E-state index is -0.217. The average molecular weight is 237 g/mol. The van der Waals surface area contributed by atoms with Crippen LogP contribution in [0.1, 0.15) is 25.3 Å². The molecular weight excluding hydrogens is 218 g/mol. The fraction of sp³-hybridized carbons (Fsp3) is 0.462. The minimum absolute atomic E-state index is 0.0272. The lowest BCUT2D eigenvalue weighted by Crippen LogP contribution is -2.17. The van der Waals surface area contributed by atoms with Crippen molar-refractivity contribution < 1.29 is 14.3 Å². The summed E-state index contributed by atoms with van der Waals surface area (Å²) < 4.78 is 10.2. The topological polar surface area (TPSA) is 61.5 Å². The molecule has 1 rings (SSSR count). The first-order chi connectivity index (χ1) is 8.11. The van der Waals surface area contributed by atoms with Gasteiger partial charge < -0.3 is 15.2 Å². The Balaban J connectivity index is 2.36. The highest BCUT2D eigenvalue weighted by atomic mass is 16.5. The van der Waals surface area contributed by atoms with Crippen molar-refractivity contribution in [1.29, 1.82) is 0 Å². The molecule has 2 N–H and O–H groups in total. The molecule has 0 bridgehead atoms. The van der Waals surface area contributed by atoms with E-state index in [1.165, 1.54) is 0 Å². The summed E-state index contributed by atoms with van der Waals surface area (Å²) in [6.45, 7) is 2.14. The third kappa shape index (κ3) is 5.36. The molecule has 1 unspecified atom stereocenters. The maximum Gasteiger partial charge on any atom is 0.306 e. The van der Waals surface area contributed by atoms with E-state index in [0.29, 0.717) is 12.8 Å². The second-order valence-electron chi connectivity index (χ2n) is 4.03. The van der Waals surface area contributed by atoms with E-state index in [-0.39, 0.29) is 18.6 Å². The first-order valence-electron chi connectivity index (χ1n) is 5.66. The first-order valence-corrected chi connectivity index (χ1v) is 5.66. The first kappa shape index (κ1) is 13.5. The molecule has 0 amide bonds. The molecule has 94 valence electrons. The van der Waals surface area contributed by atoms with Crippen molar-refractivity contribution in [3.05, 3.63) is 29.8 Å². The van der Waals surface area contributed by atoms with Gasteiger partial charge in [-0.15, -0.1) is 0 Å². The fourth-order valence-corrected chi connectivity index (χ4v) is 1.34. The Morgan fingerprint density at radius 2 is 2.24 bits per heavy atom. The van der Waals surface area contributed by atoms with Crippen LogP contribution < -0.4 is 10.5 Å². The van der Waals surface area contributed by atoms with Gasteiger partial charge >= 0.3 is 5.97 Å². The second-order valence-corrected chi connectivity index (χ2v) is 4.03.